The summed E-state index contributed by atoms with van der Waals surface area (Å²) in [4.78, 5) is 14.8. The molecular weight excluding hydrogens is 254 g/mol. The predicted octanol–water partition coefficient (Wildman–Crippen LogP) is 0.734. The normalized spacial score (nSPS) is 23.4. The number of carbonyl (C=O) groups excluding carboxylic acids is 1. The maximum absolute atomic E-state index is 12.3. The lowest BCUT2D eigenvalue weighted by atomic mass is 9.79. The molecule has 0 aromatic heterocycles. The molecule has 2 aliphatic heterocycles. The van der Waals surface area contributed by atoms with Crippen LogP contribution < -0.4 is 11.1 Å². The number of rotatable bonds is 6. The Hall–Kier alpha value is -0.650. The van der Waals surface area contributed by atoms with E-state index in [1.54, 1.807) is 0 Å². The number of carbonyl (C=O) groups is 1. The fourth-order valence-corrected chi connectivity index (χ4v) is 3.16. The van der Waals surface area contributed by atoms with Gasteiger partial charge in [-0.2, -0.15) is 0 Å². The Bertz CT molecular complexity index is 297. The molecule has 5 heteroatoms. The number of likely N-dealkylation sites (tertiary alicyclic amines) is 1. The highest BCUT2D eigenvalue weighted by Gasteiger charge is 2.38. The summed E-state index contributed by atoms with van der Waals surface area (Å²) in [5.74, 6) is 0.127. The monoisotopic (exact) mass is 283 g/mol. The molecule has 2 aliphatic rings. The first kappa shape index (κ1) is 15.7. The van der Waals surface area contributed by atoms with E-state index in [-0.39, 0.29) is 11.3 Å². The van der Waals surface area contributed by atoms with E-state index < -0.39 is 0 Å². The molecule has 0 aliphatic carbocycles. The molecule has 2 heterocycles. The van der Waals surface area contributed by atoms with Crippen LogP contribution in [0.3, 0.4) is 0 Å². The number of nitrogens with zero attached hydrogens (tertiary/aromatic N) is 1. The zero-order chi connectivity index (χ0) is 14.3. The summed E-state index contributed by atoms with van der Waals surface area (Å²) >= 11 is 0. The summed E-state index contributed by atoms with van der Waals surface area (Å²) in [6, 6.07) is 0. The smallest absolute Gasteiger partial charge is 0.227 e. The van der Waals surface area contributed by atoms with Crippen LogP contribution in [0.4, 0.5) is 0 Å². The van der Waals surface area contributed by atoms with Crippen molar-refractivity contribution in [1.29, 1.82) is 0 Å². The van der Waals surface area contributed by atoms with Crippen molar-refractivity contribution in [2.45, 2.75) is 38.5 Å². The van der Waals surface area contributed by atoms with Gasteiger partial charge in [-0.25, -0.2) is 0 Å². The van der Waals surface area contributed by atoms with E-state index in [0.717, 1.165) is 32.4 Å². The van der Waals surface area contributed by atoms with Gasteiger partial charge in [-0.15, -0.1) is 0 Å². The first-order valence-electron chi connectivity index (χ1n) is 8.05. The second-order valence-electron chi connectivity index (χ2n) is 6.11. The second-order valence-corrected chi connectivity index (χ2v) is 6.11. The van der Waals surface area contributed by atoms with Gasteiger partial charge < -0.3 is 20.7 Å². The molecule has 0 atom stereocenters. The standard InChI is InChI=1S/C15H29N3O2/c16-13-15(5-11-20-12-6-15)14(19)17-7-4-10-18-8-2-1-3-9-18/h1-13,16H2,(H,17,19). The van der Waals surface area contributed by atoms with Crippen molar-refractivity contribution in [1.82, 2.24) is 10.2 Å². The lowest BCUT2D eigenvalue weighted by Crippen LogP contribution is -2.49. The highest BCUT2D eigenvalue weighted by molar-refractivity contribution is 5.83. The molecule has 5 nitrogen and oxygen atoms in total. The van der Waals surface area contributed by atoms with Crippen LogP contribution >= 0.6 is 0 Å². The van der Waals surface area contributed by atoms with Crippen molar-refractivity contribution < 1.29 is 9.53 Å². The lowest BCUT2D eigenvalue weighted by molar-refractivity contribution is -0.135. The minimum Gasteiger partial charge on any atom is -0.381 e. The van der Waals surface area contributed by atoms with Gasteiger partial charge in [-0.3, -0.25) is 4.79 Å². The average molecular weight is 283 g/mol. The molecule has 0 saturated carbocycles. The fourth-order valence-electron chi connectivity index (χ4n) is 3.16. The maximum Gasteiger partial charge on any atom is 0.227 e. The number of nitrogens with one attached hydrogen (secondary N) is 1. The zero-order valence-corrected chi connectivity index (χ0v) is 12.5. The molecular formula is C15H29N3O2. The van der Waals surface area contributed by atoms with Gasteiger partial charge >= 0.3 is 0 Å². The first-order chi connectivity index (χ1) is 9.77. The topological polar surface area (TPSA) is 67.6 Å². The summed E-state index contributed by atoms with van der Waals surface area (Å²) in [6.07, 6.45) is 6.55. The van der Waals surface area contributed by atoms with Crippen molar-refractivity contribution in [2.24, 2.45) is 11.1 Å². The Morgan fingerprint density at radius 3 is 2.55 bits per heavy atom. The summed E-state index contributed by atoms with van der Waals surface area (Å²) in [6.45, 7) is 6.03. The van der Waals surface area contributed by atoms with Crippen molar-refractivity contribution in [3.63, 3.8) is 0 Å². The fraction of sp³-hybridized carbons (Fsp3) is 0.933. The van der Waals surface area contributed by atoms with Crippen molar-refractivity contribution >= 4 is 5.91 Å². The van der Waals surface area contributed by atoms with Crippen LogP contribution in [0.5, 0.6) is 0 Å². The summed E-state index contributed by atoms with van der Waals surface area (Å²) in [5.41, 5.74) is 5.45. The van der Waals surface area contributed by atoms with Gasteiger partial charge in [0, 0.05) is 26.3 Å². The molecule has 20 heavy (non-hydrogen) atoms. The lowest BCUT2D eigenvalue weighted by Gasteiger charge is -2.34. The Morgan fingerprint density at radius 2 is 1.90 bits per heavy atom. The molecule has 0 bridgehead atoms. The number of hydrogen-bond donors (Lipinski definition) is 2. The summed E-state index contributed by atoms with van der Waals surface area (Å²) in [7, 11) is 0. The maximum atomic E-state index is 12.3. The summed E-state index contributed by atoms with van der Waals surface area (Å²) < 4.78 is 5.34. The van der Waals surface area contributed by atoms with E-state index in [1.165, 1.54) is 32.4 Å². The van der Waals surface area contributed by atoms with Crippen LogP contribution in [0.2, 0.25) is 0 Å². The quantitative estimate of drug-likeness (QED) is 0.705. The minimum atomic E-state index is -0.386. The second kappa shape index (κ2) is 7.96. The van der Waals surface area contributed by atoms with Crippen LogP contribution in [0.15, 0.2) is 0 Å². The molecule has 2 rings (SSSR count). The Morgan fingerprint density at radius 1 is 1.20 bits per heavy atom. The number of hydrogen-bond acceptors (Lipinski definition) is 4. The van der Waals surface area contributed by atoms with E-state index in [4.69, 9.17) is 10.5 Å². The van der Waals surface area contributed by atoms with Crippen LogP contribution in [0.1, 0.15) is 38.5 Å². The van der Waals surface area contributed by atoms with Crippen LogP contribution in [0.25, 0.3) is 0 Å². The Balaban J connectivity index is 1.65. The van der Waals surface area contributed by atoms with Crippen molar-refractivity contribution in [3.8, 4) is 0 Å². The molecule has 3 N–H and O–H groups in total. The van der Waals surface area contributed by atoms with Gasteiger partial charge in [0.2, 0.25) is 5.91 Å². The van der Waals surface area contributed by atoms with Gasteiger partial charge in [0.25, 0.3) is 0 Å². The Kier molecular flexibility index (Phi) is 6.26. The van der Waals surface area contributed by atoms with E-state index in [1.807, 2.05) is 0 Å². The summed E-state index contributed by atoms with van der Waals surface area (Å²) in [5, 5.41) is 3.08. The number of piperidine rings is 1. The van der Waals surface area contributed by atoms with Crippen LogP contribution in [-0.4, -0.2) is 56.7 Å². The average Bonchev–Trinajstić information content (AvgIpc) is 2.53. The largest absolute Gasteiger partial charge is 0.381 e. The van der Waals surface area contributed by atoms with Crippen molar-refractivity contribution in [2.75, 3.05) is 45.9 Å². The van der Waals surface area contributed by atoms with Gasteiger partial charge in [-0.05, 0) is 51.7 Å². The molecule has 0 unspecified atom stereocenters. The molecule has 0 aromatic carbocycles. The molecule has 0 aromatic rings. The minimum absolute atomic E-state index is 0.127. The Labute approximate surface area is 122 Å². The van der Waals surface area contributed by atoms with Crippen molar-refractivity contribution in [3.05, 3.63) is 0 Å². The van der Waals surface area contributed by atoms with E-state index in [9.17, 15) is 4.79 Å². The van der Waals surface area contributed by atoms with Crippen LogP contribution in [-0.2, 0) is 9.53 Å². The predicted molar refractivity (Wildman–Crippen MR) is 79.5 cm³/mol. The molecule has 1 amide bonds. The van der Waals surface area contributed by atoms with Crippen LogP contribution in [0, 0.1) is 5.41 Å². The highest BCUT2D eigenvalue weighted by Crippen LogP contribution is 2.29. The van der Waals surface area contributed by atoms with Gasteiger partial charge in [-0.1, -0.05) is 6.42 Å². The third-order valence-electron chi connectivity index (χ3n) is 4.71. The van der Waals surface area contributed by atoms with E-state index >= 15 is 0 Å². The molecule has 0 radical (unpaired) electrons. The number of nitrogens with two attached hydrogens (primary N) is 1. The van der Waals surface area contributed by atoms with Gasteiger partial charge in [0.15, 0.2) is 0 Å². The third kappa shape index (κ3) is 4.17. The van der Waals surface area contributed by atoms with Gasteiger partial charge in [0.1, 0.15) is 0 Å². The molecule has 116 valence electrons. The number of amides is 1. The molecule has 2 saturated heterocycles. The molecule has 0 spiro atoms. The molecule has 2 fully saturated rings. The zero-order valence-electron chi connectivity index (χ0n) is 12.5. The SMILES string of the molecule is NCC1(C(=O)NCCCN2CCCCC2)CCOCC1. The van der Waals surface area contributed by atoms with E-state index in [0.29, 0.717) is 19.8 Å². The third-order valence-corrected chi connectivity index (χ3v) is 4.71. The highest BCUT2D eigenvalue weighted by atomic mass is 16.5. The number of ether oxygens (including phenoxy) is 1. The van der Waals surface area contributed by atoms with Gasteiger partial charge in [0.05, 0.1) is 5.41 Å². The first-order valence-corrected chi connectivity index (χ1v) is 8.05. The van der Waals surface area contributed by atoms with E-state index in [2.05, 4.69) is 10.2 Å².